The van der Waals surface area contributed by atoms with E-state index in [1.807, 2.05) is 0 Å². The highest BCUT2D eigenvalue weighted by Crippen LogP contribution is 2.20. The molecule has 1 heterocycles. The van der Waals surface area contributed by atoms with Crippen LogP contribution in [0.2, 0.25) is 0 Å². The Morgan fingerprint density at radius 2 is 2.06 bits per heavy atom. The number of aromatic nitrogens is 1. The van der Waals surface area contributed by atoms with Gasteiger partial charge in [0, 0.05) is 24.1 Å². The second-order valence-corrected chi connectivity index (χ2v) is 3.84. The zero-order valence-electron chi connectivity index (χ0n) is 9.14. The molecule has 0 radical (unpaired) electrons. The van der Waals surface area contributed by atoms with Crippen molar-refractivity contribution >= 4 is 0 Å². The van der Waals surface area contributed by atoms with Crippen LogP contribution in [0.4, 0.5) is 4.39 Å². The van der Waals surface area contributed by atoms with E-state index in [1.54, 1.807) is 18.2 Å². The van der Waals surface area contributed by atoms with Gasteiger partial charge in [0.25, 0.3) is 0 Å². The van der Waals surface area contributed by atoms with Crippen molar-refractivity contribution in [1.82, 2.24) is 5.16 Å². The quantitative estimate of drug-likeness (QED) is 0.840. The molecule has 2 aromatic rings. The second-order valence-electron chi connectivity index (χ2n) is 3.84. The summed E-state index contributed by atoms with van der Waals surface area (Å²) in [6.45, 7) is -0.0985. The molecule has 5 heteroatoms. The molecule has 0 aliphatic carbocycles. The number of rotatable bonds is 4. The summed E-state index contributed by atoms with van der Waals surface area (Å²) in [6.07, 6.45) is 0.446. The maximum Gasteiger partial charge on any atom is 0.167 e. The first-order chi connectivity index (χ1) is 8.19. The zero-order valence-corrected chi connectivity index (χ0v) is 9.14. The van der Waals surface area contributed by atoms with E-state index in [-0.39, 0.29) is 18.5 Å². The van der Waals surface area contributed by atoms with Crippen LogP contribution < -0.4 is 5.73 Å². The standard InChI is InChI=1S/C12H13FN2O2/c13-9-3-1-8(2-4-9)12-6-11(15-17-12)5-10(14)7-16/h1-4,6,10,16H,5,7,14H2. The molecule has 0 bridgehead atoms. The van der Waals surface area contributed by atoms with E-state index in [9.17, 15) is 4.39 Å². The molecular formula is C12H13FN2O2. The van der Waals surface area contributed by atoms with Crippen molar-refractivity contribution in [2.75, 3.05) is 6.61 Å². The van der Waals surface area contributed by atoms with Crippen molar-refractivity contribution in [3.05, 3.63) is 41.8 Å². The molecule has 2 rings (SSSR count). The van der Waals surface area contributed by atoms with Gasteiger partial charge in [-0.3, -0.25) is 0 Å². The first-order valence-electron chi connectivity index (χ1n) is 5.27. The minimum Gasteiger partial charge on any atom is -0.395 e. The summed E-state index contributed by atoms with van der Waals surface area (Å²) in [4.78, 5) is 0. The fourth-order valence-corrected chi connectivity index (χ4v) is 1.49. The van der Waals surface area contributed by atoms with Gasteiger partial charge < -0.3 is 15.4 Å². The number of benzene rings is 1. The predicted octanol–water partition coefficient (Wildman–Crippen LogP) is 1.34. The van der Waals surface area contributed by atoms with Gasteiger partial charge in [-0.1, -0.05) is 5.16 Å². The summed E-state index contributed by atoms with van der Waals surface area (Å²) >= 11 is 0. The largest absolute Gasteiger partial charge is 0.395 e. The van der Waals surface area contributed by atoms with Crippen LogP contribution in [-0.4, -0.2) is 22.9 Å². The lowest BCUT2D eigenvalue weighted by Gasteiger charge is -2.02. The second kappa shape index (κ2) is 5.07. The highest BCUT2D eigenvalue weighted by Gasteiger charge is 2.09. The number of aliphatic hydroxyl groups is 1. The van der Waals surface area contributed by atoms with Gasteiger partial charge in [-0.05, 0) is 24.3 Å². The van der Waals surface area contributed by atoms with Gasteiger partial charge in [0.15, 0.2) is 5.76 Å². The Bertz CT molecular complexity index is 482. The molecule has 0 aliphatic heterocycles. The highest BCUT2D eigenvalue weighted by molar-refractivity contribution is 5.57. The average Bonchev–Trinajstić information content (AvgIpc) is 2.78. The monoisotopic (exact) mass is 236 g/mol. The highest BCUT2D eigenvalue weighted by atomic mass is 19.1. The molecule has 90 valence electrons. The summed E-state index contributed by atoms with van der Waals surface area (Å²) in [5.74, 6) is 0.265. The summed E-state index contributed by atoms with van der Waals surface area (Å²) in [6, 6.07) is 7.34. The van der Waals surface area contributed by atoms with Crippen LogP contribution >= 0.6 is 0 Å². The van der Waals surface area contributed by atoms with Gasteiger partial charge in [0.1, 0.15) is 5.82 Å². The molecule has 0 spiro atoms. The van der Waals surface area contributed by atoms with Crippen LogP contribution in [0.25, 0.3) is 11.3 Å². The smallest absolute Gasteiger partial charge is 0.167 e. The van der Waals surface area contributed by atoms with Crippen molar-refractivity contribution in [1.29, 1.82) is 0 Å². The van der Waals surface area contributed by atoms with Crippen LogP contribution in [0.15, 0.2) is 34.9 Å². The van der Waals surface area contributed by atoms with Gasteiger partial charge in [-0.2, -0.15) is 0 Å². The Hall–Kier alpha value is -1.72. The third kappa shape index (κ3) is 2.89. The molecular weight excluding hydrogens is 223 g/mol. The third-order valence-corrected chi connectivity index (χ3v) is 2.39. The predicted molar refractivity (Wildman–Crippen MR) is 60.7 cm³/mol. The van der Waals surface area contributed by atoms with Crippen LogP contribution in [0.1, 0.15) is 5.69 Å². The lowest BCUT2D eigenvalue weighted by molar-refractivity contribution is 0.263. The number of nitrogens with zero attached hydrogens (tertiary/aromatic N) is 1. The van der Waals surface area contributed by atoms with Crippen molar-refractivity contribution < 1.29 is 14.0 Å². The van der Waals surface area contributed by atoms with Crippen LogP contribution in [0.5, 0.6) is 0 Å². The van der Waals surface area contributed by atoms with E-state index >= 15 is 0 Å². The summed E-state index contributed by atoms with van der Waals surface area (Å²) in [7, 11) is 0. The van der Waals surface area contributed by atoms with Gasteiger partial charge in [0.2, 0.25) is 0 Å². The molecule has 0 aliphatic rings. The van der Waals surface area contributed by atoms with E-state index in [2.05, 4.69) is 5.16 Å². The Labute approximate surface area is 97.8 Å². The summed E-state index contributed by atoms with van der Waals surface area (Å²) < 4.78 is 17.9. The molecule has 0 saturated heterocycles. The Balaban J connectivity index is 2.15. The van der Waals surface area contributed by atoms with Gasteiger partial charge >= 0.3 is 0 Å². The first kappa shape index (κ1) is 11.8. The van der Waals surface area contributed by atoms with Crippen LogP contribution in [0.3, 0.4) is 0 Å². The van der Waals surface area contributed by atoms with E-state index in [4.69, 9.17) is 15.4 Å². The fourth-order valence-electron chi connectivity index (χ4n) is 1.49. The van der Waals surface area contributed by atoms with Crippen molar-refractivity contribution in [2.45, 2.75) is 12.5 Å². The molecule has 1 aromatic carbocycles. The number of aliphatic hydroxyl groups excluding tert-OH is 1. The molecule has 0 fully saturated rings. The Morgan fingerprint density at radius 1 is 1.35 bits per heavy atom. The zero-order chi connectivity index (χ0) is 12.3. The Kier molecular flexibility index (Phi) is 3.51. The molecule has 3 N–H and O–H groups in total. The van der Waals surface area contributed by atoms with Gasteiger partial charge in [-0.15, -0.1) is 0 Å². The van der Waals surface area contributed by atoms with E-state index in [0.717, 1.165) is 5.56 Å². The molecule has 1 aromatic heterocycles. The van der Waals surface area contributed by atoms with E-state index in [0.29, 0.717) is 17.9 Å². The number of halogens is 1. The molecule has 0 amide bonds. The van der Waals surface area contributed by atoms with Gasteiger partial charge in [-0.25, -0.2) is 4.39 Å². The lowest BCUT2D eigenvalue weighted by Crippen LogP contribution is -2.26. The molecule has 0 saturated carbocycles. The normalized spacial score (nSPS) is 12.6. The lowest BCUT2D eigenvalue weighted by atomic mass is 10.1. The van der Waals surface area contributed by atoms with Crippen molar-refractivity contribution in [2.24, 2.45) is 5.73 Å². The minimum atomic E-state index is -0.346. The number of hydrogen-bond donors (Lipinski definition) is 2. The van der Waals surface area contributed by atoms with Crippen LogP contribution in [0, 0.1) is 5.82 Å². The summed E-state index contributed by atoms with van der Waals surface area (Å²) in [5.41, 5.74) is 7.02. The Morgan fingerprint density at radius 3 is 2.71 bits per heavy atom. The number of nitrogens with two attached hydrogens (primary N) is 1. The maximum absolute atomic E-state index is 12.7. The minimum absolute atomic E-state index is 0.0985. The van der Waals surface area contributed by atoms with Crippen molar-refractivity contribution in [3.8, 4) is 11.3 Å². The van der Waals surface area contributed by atoms with Gasteiger partial charge in [0.05, 0.1) is 12.3 Å². The molecule has 1 atom stereocenters. The SMILES string of the molecule is NC(CO)Cc1cc(-c2ccc(F)cc2)on1. The van der Waals surface area contributed by atoms with E-state index < -0.39 is 0 Å². The number of hydrogen-bond acceptors (Lipinski definition) is 4. The molecule has 4 nitrogen and oxygen atoms in total. The topological polar surface area (TPSA) is 72.3 Å². The molecule has 1 unspecified atom stereocenters. The fraction of sp³-hybridized carbons (Fsp3) is 0.250. The third-order valence-electron chi connectivity index (χ3n) is 2.39. The molecule has 17 heavy (non-hydrogen) atoms. The van der Waals surface area contributed by atoms with Crippen LogP contribution in [-0.2, 0) is 6.42 Å². The van der Waals surface area contributed by atoms with Crippen molar-refractivity contribution in [3.63, 3.8) is 0 Å². The maximum atomic E-state index is 12.7. The summed E-state index contributed by atoms with van der Waals surface area (Å²) in [5, 5.41) is 12.7. The first-order valence-corrected chi connectivity index (χ1v) is 5.27. The average molecular weight is 236 g/mol. The van der Waals surface area contributed by atoms with E-state index in [1.165, 1.54) is 12.1 Å².